The summed E-state index contributed by atoms with van der Waals surface area (Å²) in [5.74, 6) is -0.537. The fourth-order valence-corrected chi connectivity index (χ4v) is 3.30. The summed E-state index contributed by atoms with van der Waals surface area (Å²) in [6.07, 6.45) is 0. The van der Waals surface area contributed by atoms with Gasteiger partial charge in [-0.15, -0.1) is 0 Å². The van der Waals surface area contributed by atoms with Gasteiger partial charge >= 0.3 is 0 Å². The summed E-state index contributed by atoms with van der Waals surface area (Å²) in [4.78, 5) is 25.4. The van der Waals surface area contributed by atoms with Crippen LogP contribution in [-0.2, 0) is 0 Å². The van der Waals surface area contributed by atoms with Crippen LogP contribution in [0.3, 0.4) is 0 Å². The molecule has 0 aliphatic carbocycles. The lowest BCUT2D eigenvalue weighted by molar-refractivity contribution is 0.101. The van der Waals surface area contributed by atoms with Crippen molar-refractivity contribution >= 4 is 45.6 Å². The average molecular weight is 401 g/mol. The fraction of sp³-hybridized carbons (Fsp3) is 0. The first-order chi connectivity index (χ1) is 14.1. The Labute approximate surface area is 173 Å². The molecule has 4 aromatic rings. The van der Waals surface area contributed by atoms with E-state index in [9.17, 15) is 9.59 Å². The molecular weight excluding hydrogens is 384 g/mol. The molecule has 4 rings (SSSR count). The van der Waals surface area contributed by atoms with Crippen molar-refractivity contribution in [3.05, 3.63) is 107 Å². The minimum absolute atomic E-state index is 0.231. The summed E-state index contributed by atoms with van der Waals surface area (Å²) in [5.41, 5.74) is 2.06. The van der Waals surface area contributed by atoms with Crippen LogP contribution in [0.4, 0.5) is 11.4 Å². The maximum atomic E-state index is 12.8. The SMILES string of the molecule is O=C(Nc1ccccc1Cl)c1cccc(NC(=O)c2cccc3ccccc23)c1. The highest BCUT2D eigenvalue weighted by Crippen LogP contribution is 2.23. The number of rotatable bonds is 4. The maximum Gasteiger partial charge on any atom is 0.256 e. The van der Waals surface area contributed by atoms with Crippen molar-refractivity contribution in [1.29, 1.82) is 0 Å². The molecule has 0 fully saturated rings. The number of nitrogens with one attached hydrogen (secondary N) is 2. The average Bonchev–Trinajstić information content (AvgIpc) is 2.75. The van der Waals surface area contributed by atoms with Crippen molar-refractivity contribution < 1.29 is 9.59 Å². The molecule has 4 aromatic carbocycles. The van der Waals surface area contributed by atoms with E-state index in [1.54, 1.807) is 54.6 Å². The Balaban J connectivity index is 1.55. The summed E-state index contributed by atoms with van der Waals surface area (Å²) in [6, 6.07) is 27.1. The molecule has 0 saturated heterocycles. The second-order valence-corrected chi connectivity index (χ2v) is 6.90. The molecule has 142 valence electrons. The molecule has 0 unspecified atom stereocenters. The zero-order valence-electron chi connectivity index (χ0n) is 15.4. The molecule has 4 nitrogen and oxygen atoms in total. The number of carbonyl (C=O) groups excluding carboxylic acids is 2. The summed E-state index contributed by atoms with van der Waals surface area (Å²) in [7, 11) is 0. The molecule has 0 atom stereocenters. The number of fused-ring (bicyclic) bond motifs is 1. The van der Waals surface area contributed by atoms with Gasteiger partial charge in [0.2, 0.25) is 0 Å². The van der Waals surface area contributed by atoms with Crippen molar-refractivity contribution in [1.82, 2.24) is 0 Å². The van der Waals surface area contributed by atoms with E-state index in [-0.39, 0.29) is 11.8 Å². The summed E-state index contributed by atoms with van der Waals surface area (Å²) in [5, 5.41) is 7.98. The van der Waals surface area contributed by atoms with Crippen molar-refractivity contribution in [3.63, 3.8) is 0 Å². The van der Waals surface area contributed by atoms with Crippen LogP contribution in [-0.4, -0.2) is 11.8 Å². The van der Waals surface area contributed by atoms with Gasteiger partial charge < -0.3 is 10.6 Å². The van der Waals surface area contributed by atoms with Gasteiger partial charge in [-0.25, -0.2) is 0 Å². The second-order valence-electron chi connectivity index (χ2n) is 6.50. The Kier molecular flexibility index (Phi) is 5.27. The first kappa shape index (κ1) is 18.7. The summed E-state index contributed by atoms with van der Waals surface area (Å²) >= 11 is 6.10. The quantitative estimate of drug-likeness (QED) is 0.441. The van der Waals surface area contributed by atoms with Crippen molar-refractivity contribution in [3.8, 4) is 0 Å². The molecule has 0 spiro atoms. The van der Waals surface area contributed by atoms with E-state index < -0.39 is 0 Å². The Morgan fingerprint density at radius 3 is 2.28 bits per heavy atom. The molecule has 0 aliphatic heterocycles. The Bertz CT molecular complexity index is 1210. The molecule has 0 saturated carbocycles. The lowest BCUT2D eigenvalue weighted by Crippen LogP contribution is -2.15. The number of anilines is 2. The van der Waals surface area contributed by atoms with Crippen LogP contribution in [0, 0.1) is 0 Å². The highest BCUT2D eigenvalue weighted by molar-refractivity contribution is 6.33. The maximum absolute atomic E-state index is 12.8. The highest BCUT2D eigenvalue weighted by atomic mass is 35.5. The third-order valence-electron chi connectivity index (χ3n) is 4.54. The molecule has 0 radical (unpaired) electrons. The predicted octanol–water partition coefficient (Wildman–Crippen LogP) is 6.00. The van der Waals surface area contributed by atoms with E-state index in [0.717, 1.165) is 10.8 Å². The predicted molar refractivity (Wildman–Crippen MR) is 118 cm³/mol. The van der Waals surface area contributed by atoms with E-state index in [1.165, 1.54) is 0 Å². The van der Waals surface area contributed by atoms with Crippen LogP contribution in [0.25, 0.3) is 10.8 Å². The van der Waals surface area contributed by atoms with Gasteiger partial charge in [0.25, 0.3) is 11.8 Å². The van der Waals surface area contributed by atoms with Crippen molar-refractivity contribution in [2.45, 2.75) is 0 Å². The number of amides is 2. The van der Waals surface area contributed by atoms with Crippen LogP contribution in [0.1, 0.15) is 20.7 Å². The lowest BCUT2D eigenvalue weighted by Gasteiger charge is -2.10. The molecule has 0 aromatic heterocycles. The van der Waals surface area contributed by atoms with Gasteiger partial charge in [-0.1, -0.05) is 66.2 Å². The molecule has 2 N–H and O–H groups in total. The highest BCUT2D eigenvalue weighted by Gasteiger charge is 2.12. The summed E-state index contributed by atoms with van der Waals surface area (Å²) < 4.78 is 0. The summed E-state index contributed by atoms with van der Waals surface area (Å²) in [6.45, 7) is 0. The van der Waals surface area contributed by atoms with Crippen LogP contribution in [0.2, 0.25) is 5.02 Å². The number of halogens is 1. The van der Waals surface area contributed by atoms with E-state index in [4.69, 9.17) is 11.6 Å². The number of benzene rings is 4. The van der Waals surface area contributed by atoms with Gasteiger partial charge in [-0.3, -0.25) is 9.59 Å². The van der Waals surface area contributed by atoms with Crippen LogP contribution < -0.4 is 10.6 Å². The van der Waals surface area contributed by atoms with Crippen LogP contribution in [0.5, 0.6) is 0 Å². The Morgan fingerprint density at radius 1 is 0.690 bits per heavy atom. The smallest absolute Gasteiger partial charge is 0.256 e. The molecule has 5 heteroatoms. The molecule has 29 heavy (non-hydrogen) atoms. The van der Waals surface area contributed by atoms with Crippen LogP contribution in [0.15, 0.2) is 91.0 Å². The van der Waals surface area contributed by atoms with Crippen molar-refractivity contribution in [2.75, 3.05) is 10.6 Å². The zero-order chi connectivity index (χ0) is 20.2. The van der Waals surface area contributed by atoms with Gasteiger partial charge in [-0.05, 0) is 47.2 Å². The first-order valence-electron chi connectivity index (χ1n) is 9.07. The molecule has 0 heterocycles. The number of para-hydroxylation sites is 1. The normalized spacial score (nSPS) is 10.5. The van der Waals surface area contributed by atoms with Gasteiger partial charge in [0.1, 0.15) is 0 Å². The number of carbonyl (C=O) groups is 2. The van der Waals surface area contributed by atoms with Gasteiger partial charge in [0.05, 0.1) is 10.7 Å². The largest absolute Gasteiger partial charge is 0.322 e. The lowest BCUT2D eigenvalue weighted by atomic mass is 10.0. The third-order valence-corrected chi connectivity index (χ3v) is 4.87. The Hall–Kier alpha value is -3.63. The van der Waals surface area contributed by atoms with Crippen molar-refractivity contribution in [2.24, 2.45) is 0 Å². The standard InChI is InChI=1S/C24H17ClN2O2/c25-21-13-3-4-14-22(21)27-23(28)17-9-5-10-18(15-17)26-24(29)20-12-6-8-16-7-1-2-11-19(16)20/h1-15H,(H,26,29)(H,27,28). The minimum atomic E-state index is -0.306. The van der Waals surface area contributed by atoms with Gasteiger partial charge in [0, 0.05) is 16.8 Å². The zero-order valence-corrected chi connectivity index (χ0v) is 16.1. The Morgan fingerprint density at radius 2 is 1.41 bits per heavy atom. The van der Waals surface area contributed by atoms with Gasteiger partial charge in [-0.2, -0.15) is 0 Å². The third kappa shape index (κ3) is 4.13. The minimum Gasteiger partial charge on any atom is -0.322 e. The van der Waals surface area contributed by atoms with E-state index in [2.05, 4.69) is 10.6 Å². The van der Waals surface area contributed by atoms with E-state index in [0.29, 0.717) is 27.5 Å². The fourth-order valence-electron chi connectivity index (χ4n) is 3.12. The first-order valence-corrected chi connectivity index (χ1v) is 9.45. The second kappa shape index (κ2) is 8.17. The molecule has 0 bridgehead atoms. The monoisotopic (exact) mass is 400 g/mol. The molecule has 2 amide bonds. The van der Waals surface area contributed by atoms with Gasteiger partial charge in [0.15, 0.2) is 0 Å². The molecule has 0 aliphatic rings. The number of hydrogen-bond donors (Lipinski definition) is 2. The topological polar surface area (TPSA) is 58.2 Å². The number of hydrogen-bond acceptors (Lipinski definition) is 2. The van der Waals surface area contributed by atoms with E-state index >= 15 is 0 Å². The van der Waals surface area contributed by atoms with Crippen LogP contribution >= 0.6 is 11.6 Å². The molecular formula is C24H17ClN2O2. The van der Waals surface area contributed by atoms with E-state index in [1.807, 2.05) is 36.4 Å².